The summed E-state index contributed by atoms with van der Waals surface area (Å²) in [4.78, 5) is 2.46. The van der Waals surface area contributed by atoms with Crippen molar-refractivity contribution in [3.8, 4) is 0 Å². The van der Waals surface area contributed by atoms with E-state index in [-0.39, 0.29) is 0 Å². The number of hydrogen-bond donors (Lipinski definition) is 1. The van der Waals surface area contributed by atoms with Gasteiger partial charge in [-0.1, -0.05) is 12.1 Å². The molecule has 0 bridgehead atoms. The van der Waals surface area contributed by atoms with E-state index < -0.39 is 0 Å². The number of likely N-dealkylation sites (tertiary alicyclic amines) is 1. The van der Waals surface area contributed by atoms with Crippen LogP contribution in [-0.2, 0) is 4.74 Å². The number of nitrogen functional groups attached to an aromatic ring is 1. The zero-order chi connectivity index (χ0) is 11.4. The van der Waals surface area contributed by atoms with Gasteiger partial charge in [0.1, 0.15) is 0 Å². The Morgan fingerprint density at radius 3 is 2.81 bits per heavy atom. The van der Waals surface area contributed by atoms with Gasteiger partial charge in [0.2, 0.25) is 0 Å². The molecule has 16 heavy (non-hydrogen) atoms. The Balaban J connectivity index is 1.90. The summed E-state index contributed by atoms with van der Waals surface area (Å²) in [6.07, 6.45) is 1.24. The third-order valence-electron chi connectivity index (χ3n) is 3.29. The van der Waals surface area contributed by atoms with Gasteiger partial charge in [-0.25, -0.2) is 0 Å². The first-order valence-corrected chi connectivity index (χ1v) is 5.86. The van der Waals surface area contributed by atoms with E-state index in [1.807, 2.05) is 12.1 Å². The maximum atomic E-state index is 5.69. The molecule has 2 rings (SSSR count). The minimum atomic E-state index is 0.664. The molecule has 3 nitrogen and oxygen atoms in total. The number of benzene rings is 1. The molecule has 2 N–H and O–H groups in total. The van der Waals surface area contributed by atoms with Gasteiger partial charge in [0.05, 0.1) is 6.61 Å². The summed E-state index contributed by atoms with van der Waals surface area (Å²) in [5.74, 6) is 0.664. The van der Waals surface area contributed by atoms with E-state index in [0.29, 0.717) is 5.92 Å². The highest BCUT2D eigenvalue weighted by molar-refractivity contribution is 5.40. The maximum Gasteiger partial charge on any atom is 0.0589 e. The van der Waals surface area contributed by atoms with Gasteiger partial charge in [0.15, 0.2) is 0 Å². The number of ether oxygens (including phenoxy) is 1. The van der Waals surface area contributed by atoms with Gasteiger partial charge in [-0.3, -0.25) is 0 Å². The third kappa shape index (κ3) is 2.74. The van der Waals surface area contributed by atoms with E-state index in [0.717, 1.165) is 25.4 Å². The van der Waals surface area contributed by atoms with Crippen LogP contribution in [0, 0.1) is 0 Å². The van der Waals surface area contributed by atoms with Gasteiger partial charge in [0.25, 0.3) is 0 Å². The van der Waals surface area contributed by atoms with E-state index in [9.17, 15) is 0 Å². The largest absolute Gasteiger partial charge is 0.399 e. The number of hydrogen-bond acceptors (Lipinski definition) is 3. The Hall–Kier alpha value is -1.06. The molecule has 1 atom stereocenters. The molecule has 1 aromatic carbocycles. The molecule has 1 saturated heterocycles. The molecule has 0 spiro atoms. The smallest absolute Gasteiger partial charge is 0.0589 e. The Bertz CT molecular complexity index is 323. The number of methoxy groups -OCH3 is 1. The Labute approximate surface area is 97.2 Å². The molecule has 1 heterocycles. The van der Waals surface area contributed by atoms with Crippen LogP contribution in [0.1, 0.15) is 17.9 Å². The molecule has 0 radical (unpaired) electrons. The van der Waals surface area contributed by atoms with Crippen LogP contribution in [0.4, 0.5) is 5.69 Å². The van der Waals surface area contributed by atoms with Gasteiger partial charge in [-0.15, -0.1) is 0 Å². The van der Waals surface area contributed by atoms with Gasteiger partial charge in [0, 0.05) is 25.9 Å². The van der Waals surface area contributed by atoms with Crippen LogP contribution in [0.5, 0.6) is 0 Å². The number of nitrogens with zero attached hydrogens (tertiary/aromatic N) is 1. The van der Waals surface area contributed by atoms with E-state index in [2.05, 4.69) is 17.0 Å². The maximum absolute atomic E-state index is 5.69. The van der Waals surface area contributed by atoms with Crippen LogP contribution in [0.25, 0.3) is 0 Å². The normalized spacial score (nSPS) is 21.4. The van der Waals surface area contributed by atoms with Crippen molar-refractivity contribution in [1.82, 2.24) is 4.90 Å². The van der Waals surface area contributed by atoms with E-state index in [4.69, 9.17) is 10.5 Å². The van der Waals surface area contributed by atoms with Crippen molar-refractivity contribution in [3.05, 3.63) is 29.8 Å². The lowest BCUT2D eigenvalue weighted by molar-refractivity contribution is 0.160. The summed E-state index contributed by atoms with van der Waals surface area (Å²) in [6, 6.07) is 8.29. The predicted molar refractivity (Wildman–Crippen MR) is 66.5 cm³/mol. The van der Waals surface area contributed by atoms with E-state index >= 15 is 0 Å². The SMILES string of the molecule is COCCN1CCC(c2ccc(N)cc2)C1. The zero-order valence-corrected chi connectivity index (χ0v) is 9.86. The zero-order valence-electron chi connectivity index (χ0n) is 9.86. The van der Waals surface area contributed by atoms with Gasteiger partial charge in [-0.05, 0) is 36.6 Å². The van der Waals surface area contributed by atoms with Gasteiger partial charge in [-0.2, -0.15) is 0 Å². The molecule has 0 aliphatic carbocycles. The number of nitrogens with two attached hydrogens (primary N) is 1. The standard InChI is InChI=1S/C13H20N2O/c1-16-9-8-15-7-6-12(10-15)11-2-4-13(14)5-3-11/h2-5,12H,6-10,14H2,1H3. The fraction of sp³-hybridized carbons (Fsp3) is 0.538. The molecular formula is C13H20N2O. The molecule has 0 amide bonds. The van der Waals surface area contributed by atoms with Crippen molar-refractivity contribution in [2.45, 2.75) is 12.3 Å². The highest BCUT2D eigenvalue weighted by Crippen LogP contribution is 2.27. The average molecular weight is 220 g/mol. The average Bonchev–Trinajstić information content (AvgIpc) is 2.76. The van der Waals surface area contributed by atoms with Crippen LogP contribution in [0.3, 0.4) is 0 Å². The summed E-state index contributed by atoms with van der Waals surface area (Å²) in [5.41, 5.74) is 7.95. The number of rotatable bonds is 4. The lowest BCUT2D eigenvalue weighted by Crippen LogP contribution is -2.24. The monoisotopic (exact) mass is 220 g/mol. The van der Waals surface area contributed by atoms with Crippen LogP contribution < -0.4 is 5.73 Å². The minimum Gasteiger partial charge on any atom is -0.399 e. The summed E-state index contributed by atoms with van der Waals surface area (Å²) in [7, 11) is 1.76. The van der Waals surface area contributed by atoms with Crippen LogP contribution in [0.2, 0.25) is 0 Å². The lowest BCUT2D eigenvalue weighted by atomic mass is 9.98. The second-order valence-corrected chi connectivity index (χ2v) is 4.45. The second-order valence-electron chi connectivity index (χ2n) is 4.45. The molecule has 1 aliphatic rings. The van der Waals surface area contributed by atoms with Crippen molar-refractivity contribution in [1.29, 1.82) is 0 Å². The molecule has 3 heteroatoms. The van der Waals surface area contributed by atoms with Crippen molar-refractivity contribution >= 4 is 5.69 Å². The molecule has 1 unspecified atom stereocenters. The first kappa shape index (κ1) is 11.4. The van der Waals surface area contributed by atoms with E-state index in [1.54, 1.807) is 7.11 Å². The predicted octanol–water partition coefficient (Wildman–Crippen LogP) is 1.70. The van der Waals surface area contributed by atoms with Crippen LogP contribution in [-0.4, -0.2) is 38.3 Å². The Kier molecular flexibility index (Phi) is 3.80. The molecule has 1 aliphatic heterocycles. The van der Waals surface area contributed by atoms with Gasteiger partial charge < -0.3 is 15.4 Å². The topological polar surface area (TPSA) is 38.5 Å². The van der Waals surface area contributed by atoms with Crippen molar-refractivity contribution in [2.75, 3.05) is 39.1 Å². The highest BCUT2D eigenvalue weighted by Gasteiger charge is 2.23. The van der Waals surface area contributed by atoms with Crippen molar-refractivity contribution < 1.29 is 4.74 Å². The second kappa shape index (κ2) is 5.32. The summed E-state index contributed by atoms with van der Waals surface area (Å²) < 4.78 is 5.10. The first-order chi connectivity index (χ1) is 7.79. The fourth-order valence-corrected chi connectivity index (χ4v) is 2.30. The minimum absolute atomic E-state index is 0.664. The first-order valence-electron chi connectivity index (χ1n) is 5.86. The lowest BCUT2D eigenvalue weighted by Gasteiger charge is -2.15. The quantitative estimate of drug-likeness (QED) is 0.785. The molecule has 0 saturated carbocycles. The van der Waals surface area contributed by atoms with Crippen LogP contribution >= 0.6 is 0 Å². The van der Waals surface area contributed by atoms with E-state index in [1.165, 1.54) is 18.5 Å². The fourth-order valence-electron chi connectivity index (χ4n) is 2.30. The van der Waals surface area contributed by atoms with Crippen molar-refractivity contribution in [3.63, 3.8) is 0 Å². The molecule has 1 fully saturated rings. The highest BCUT2D eigenvalue weighted by atomic mass is 16.5. The molecular weight excluding hydrogens is 200 g/mol. The Morgan fingerprint density at radius 1 is 1.38 bits per heavy atom. The molecule has 0 aromatic heterocycles. The molecule has 88 valence electrons. The summed E-state index contributed by atoms with van der Waals surface area (Å²) >= 11 is 0. The van der Waals surface area contributed by atoms with Crippen molar-refractivity contribution in [2.24, 2.45) is 0 Å². The summed E-state index contributed by atoms with van der Waals surface area (Å²) in [5, 5.41) is 0. The molecule has 1 aromatic rings. The number of anilines is 1. The Morgan fingerprint density at radius 2 is 2.12 bits per heavy atom. The third-order valence-corrected chi connectivity index (χ3v) is 3.29. The van der Waals surface area contributed by atoms with Gasteiger partial charge >= 0.3 is 0 Å². The van der Waals surface area contributed by atoms with Crippen LogP contribution in [0.15, 0.2) is 24.3 Å². The summed E-state index contributed by atoms with van der Waals surface area (Å²) in [6.45, 7) is 4.20.